The van der Waals surface area contributed by atoms with Crippen LogP contribution in [-0.2, 0) is 0 Å². The lowest BCUT2D eigenvalue weighted by Crippen LogP contribution is -1.94. The average molecular weight is 573 g/mol. The van der Waals surface area contributed by atoms with Crippen molar-refractivity contribution >= 4 is 21.8 Å². The fourth-order valence-electron chi connectivity index (χ4n) is 6.42. The van der Waals surface area contributed by atoms with Crippen molar-refractivity contribution in [3.8, 4) is 56.3 Å². The van der Waals surface area contributed by atoms with E-state index in [2.05, 4.69) is 156 Å². The van der Waals surface area contributed by atoms with Crippen molar-refractivity contribution in [1.29, 1.82) is 5.26 Å². The molecule has 0 atom stereocenters. The van der Waals surface area contributed by atoms with Crippen LogP contribution in [0.5, 0.6) is 0 Å². The number of hydrogen-bond acceptors (Lipinski definition) is 1. The summed E-state index contributed by atoms with van der Waals surface area (Å²) in [6.07, 6.45) is 0. The van der Waals surface area contributed by atoms with Crippen molar-refractivity contribution in [2.45, 2.75) is 0 Å². The van der Waals surface area contributed by atoms with E-state index in [0.717, 1.165) is 27.9 Å². The molecule has 0 aliphatic rings. The summed E-state index contributed by atoms with van der Waals surface area (Å²) in [5.41, 5.74) is 13.6. The van der Waals surface area contributed by atoms with Crippen molar-refractivity contribution in [1.82, 2.24) is 4.57 Å². The summed E-state index contributed by atoms with van der Waals surface area (Å²) < 4.78 is 2.38. The number of hydrogen-bond donors (Lipinski definition) is 0. The Kier molecular flexibility index (Phi) is 6.56. The van der Waals surface area contributed by atoms with Gasteiger partial charge in [-0.15, -0.1) is 0 Å². The predicted octanol–water partition coefficient (Wildman–Crippen LogP) is 11.3. The first-order valence-electron chi connectivity index (χ1n) is 15.2. The van der Waals surface area contributed by atoms with E-state index in [9.17, 15) is 5.26 Å². The van der Waals surface area contributed by atoms with Gasteiger partial charge >= 0.3 is 0 Å². The minimum Gasteiger partial charge on any atom is -0.309 e. The van der Waals surface area contributed by atoms with E-state index >= 15 is 0 Å². The van der Waals surface area contributed by atoms with Crippen LogP contribution in [0.4, 0.5) is 0 Å². The Morgan fingerprint density at radius 3 is 1.27 bits per heavy atom. The van der Waals surface area contributed by atoms with Gasteiger partial charge in [-0.3, -0.25) is 0 Å². The third-order valence-electron chi connectivity index (χ3n) is 8.67. The molecular formula is C43H28N2. The molecule has 0 saturated heterocycles. The van der Waals surface area contributed by atoms with E-state index in [4.69, 9.17) is 0 Å². The number of nitriles is 1. The minimum atomic E-state index is 0.665. The molecular weight excluding hydrogens is 544 g/mol. The van der Waals surface area contributed by atoms with Crippen LogP contribution in [0.25, 0.3) is 72.0 Å². The number of nitrogens with zero attached hydrogens (tertiary/aromatic N) is 2. The maximum absolute atomic E-state index is 9.25. The summed E-state index contributed by atoms with van der Waals surface area (Å²) in [6.45, 7) is 0. The van der Waals surface area contributed by atoms with Gasteiger partial charge in [-0.2, -0.15) is 5.26 Å². The molecule has 45 heavy (non-hydrogen) atoms. The molecule has 1 heterocycles. The molecule has 1 aromatic heterocycles. The molecule has 0 N–H and O–H groups in total. The van der Waals surface area contributed by atoms with Gasteiger partial charge in [0, 0.05) is 16.5 Å². The number of benzene rings is 7. The van der Waals surface area contributed by atoms with Crippen LogP contribution in [0.15, 0.2) is 170 Å². The summed E-state index contributed by atoms with van der Waals surface area (Å²) in [4.78, 5) is 0. The van der Waals surface area contributed by atoms with Crippen LogP contribution < -0.4 is 0 Å². The maximum atomic E-state index is 9.25. The SMILES string of the molecule is N#Cc1ccc(-c2ccccc2-c2ccc(-n3c4ccc(-c5ccccc5)cc4c4cc(-c5ccccc5)ccc43)cc2)cc1. The minimum absolute atomic E-state index is 0.665. The highest BCUT2D eigenvalue weighted by Crippen LogP contribution is 2.38. The van der Waals surface area contributed by atoms with Crippen LogP contribution in [-0.4, -0.2) is 4.57 Å². The van der Waals surface area contributed by atoms with Crippen LogP contribution in [0.2, 0.25) is 0 Å². The lowest BCUT2D eigenvalue weighted by atomic mass is 9.94. The molecule has 0 bridgehead atoms. The zero-order valence-corrected chi connectivity index (χ0v) is 24.6. The molecule has 0 amide bonds. The first-order chi connectivity index (χ1) is 22.3. The van der Waals surface area contributed by atoms with Gasteiger partial charge in [0.2, 0.25) is 0 Å². The number of aromatic nitrogens is 1. The van der Waals surface area contributed by atoms with E-state index in [0.29, 0.717) is 5.56 Å². The topological polar surface area (TPSA) is 28.7 Å². The summed E-state index contributed by atoms with van der Waals surface area (Å²) in [5.74, 6) is 0. The standard InChI is InChI=1S/C43H28N2/c44-29-30-15-17-33(18-16-30)38-13-7-8-14-39(38)34-19-23-37(24-20-34)45-42-25-21-35(31-9-3-1-4-10-31)27-40(42)41-28-36(22-26-43(41)45)32-11-5-2-6-12-32/h1-28H. The Bertz CT molecular complexity index is 2240. The fourth-order valence-corrected chi connectivity index (χ4v) is 6.42. The van der Waals surface area contributed by atoms with Gasteiger partial charge in [0.05, 0.1) is 22.7 Å². The van der Waals surface area contributed by atoms with Gasteiger partial charge in [0.15, 0.2) is 0 Å². The summed E-state index contributed by atoms with van der Waals surface area (Å²) in [5, 5.41) is 11.7. The molecule has 8 rings (SSSR count). The first-order valence-corrected chi connectivity index (χ1v) is 15.2. The molecule has 0 aliphatic carbocycles. The van der Waals surface area contributed by atoms with Crippen LogP contribution in [0.3, 0.4) is 0 Å². The molecule has 0 saturated carbocycles. The average Bonchev–Trinajstić information content (AvgIpc) is 3.45. The number of fused-ring (bicyclic) bond motifs is 3. The van der Waals surface area contributed by atoms with Gasteiger partial charge in [-0.1, -0.05) is 121 Å². The molecule has 0 fully saturated rings. The molecule has 7 aromatic carbocycles. The van der Waals surface area contributed by atoms with Gasteiger partial charge in [-0.05, 0) is 93.0 Å². The van der Waals surface area contributed by atoms with Crippen LogP contribution in [0.1, 0.15) is 5.56 Å². The lowest BCUT2D eigenvalue weighted by Gasteiger charge is -2.13. The second kappa shape index (κ2) is 11.2. The largest absolute Gasteiger partial charge is 0.309 e. The zero-order chi connectivity index (χ0) is 30.2. The number of rotatable bonds is 5. The molecule has 2 heteroatoms. The summed E-state index contributed by atoms with van der Waals surface area (Å²) in [6, 6.07) is 62.2. The molecule has 0 spiro atoms. The highest BCUT2D eigenvalue weighted by Gasteiger charge is 2.15. The van der Waals surface area contributed by atoms with Gasteiger partial charge < -0.3 is 4.57 Å². The maximum Gasteiger partial charge on any atom is 0.0991 e. The monoisotopic (exact) mass is 572 g/mol. The van der Waals surface area contributed by atoms with E-state index in [1.54, 1.807) is 0 Å². The van der Waals surface area contributed by atoms with Crippen molar-refractivity contribution in [2.75, 3.05) is 0 Å². The molecule has 8 aromatic rings. The van der Waals surface area contributed by atoms with Gasteiger partial charge in [0.25, 0.3) is 0 Å². The third kappa shape index (κ3) is 4.78. The van der Waals surface area contributed by atoms with E-state index in [1.807, 2.05) is 24.3 Å². The Morgan fingerprint density at radius 1 is 0.378 bits per heavy atom. The highest BCUT2D eigenvalue weighted by atomic mass is 15.0. The Labute approximate surface area is 262 Å². The zero-order valence-electron chi connectivity index (χ0n) is 24.6. The van der Waals surface area contributed by atoms with Crippen molar-refractivity contribution in [3.63, 3.8) is 0 Å². The Hall–Kier alpha value is -6.17. The lowest BCUT2D eigenvalue weighted by molar-refractivity contribution is 1.18. The van der Waals surface area contributed by atoms with Gasteiger partial charge in [-0.25, -0.2) is 0 Å². The fraction of sp³-hybridized carbons (Fsp3) is 0. The van der Waals surface area contributed by atoms with E-state index < -0.39 is 0 Å². The molecule has 210 valence electrons. The normalized spacial score (nSPS) is 11.1. The second-order valence-corrected chi connectivity index (χ2v) is 11.3. The van der Waals surface area contributed by atoms with Gasteiger partial charge in [0.1, 0.15) is 0 Å². The third-order valence-corrected chi connectivity index (χ3v) is 8.67. The smallest absolute Gasteiger partial charge is 0.0991 e. The Morgan fingerprint density at radius 2 is 0.800 bits per heavy atom. The second-order valence-electron chi connectivity index (χ2n) is 11.3. The van der Waals surface area contributed by atoms with Crippen molar-refractivity contribution in [3.05, 3.63) is 175 Å². The molecule has 0 radical (unpaired) electrons. The summed E-state index contributed by atoms with van der Waals surface area (Å²) >= 11 is 0. The van der Waals surface area contributed by atoms with Crippen molar-refractivity contribution < 1.29 is 0 Å². The van der Waals surface area contributed by atoms with Crippen LogP contribution >= 0.6 is 0 Å². The van der Waals surface area contributed by atoms with Crippen LogP contribution in [0, 0.1) is 11.3 Å². The highest BCUT2D eigenvalue weighted by molar-refractivity contribution is 6.11. The van der Waals surface area contributed by atoms with E-state index in [1.165, 1.54) is 44.1 Å². The quantitative estimate of drug-likeness (QED) is 0.202. The van der Waals surface area contributed by atoms with E-state index in [-0.39, 0.29) is 0 Å². The summed E-state index contributed by atoms with van der Waals surface area (Å²) in [7, 11) is 0. The molecule has 2 nitrogen and oxygen atoms in total. The van der Waals surface area contributed by atoms with Crippen molar-refractivity contribution in [2.24, 2.45) is 0 Å². The Balaban J connectivity index is 1.27. The first kappa shape index (κ1) is 26.5. The predicted molar refractivity (Wildman–Crippen MR) is 187 cm³/mol. The molecule has 0 aliphatic heterocycles. The molecule has 0 unspecified atom stereocenters.